The van der Waals surface area contributed by atoms with Crippen LogP contribution in [-0.4, -0.2) is 57.7 Å². The van der Waals surface area contributed by atoms with Crippen LogP contribution in [0.4, 0.5) is 0 Å². The van der Waals surface area contributed by atoms with Crippen LogP contribution in [0.1, 0.15) is 24.0 Å². The van der Waals surface area contributed by atoms with E-state index in [0.717, 1.165) is 49.4 Å². The Morgan fingerprint density at radius 3 is 2.47 bits per heavy atom. The lowest BCUT2D eigenvalue weighted by atomic mass is 9.90. The van der Waals surface area contributed by atoms with Crippen molar-refractivity contribution in [2.75, 3.05) is 40.9 Å². The molecule has 1 heterocycles. The number of nitrogens with zero attached hydrogens (tertiary/aromatic N) is 2. The molecule has 1 aliphatic rings. The number of methoxy groups -OCH3 is 2. The molecule has 32 heavy (non-hydrogen) atoms. The van der Waals surface area contributed by atoms with E-state index >= 15 is 0 Å². The molecule has 0 saturated carbocycles. The van der Waals surface area contributed by atoms with Gasteiger partial charge >= 0.3 is 0 Å². The highest BCUT2D eigenvalue weighted by Crippen LogP contribution is 2.24. The van der Waals surface area contributed by atoms with E-state index < -0.39 is 0 Å². The summed E-state index contributed by atoms with van der Waals surface area (Å²) in [6, 6.07) is 16.3. The number of aliphatic imine (C=N–C) groups is 1. The summed E-state index contributed by atoms with van der Waals surface area (Å²) in [4.78, 5) is 18.9. The zero-order valence-electron chi connectivity index (χ0n) is 19.3. The minimum Gasteiger partial charge on any atom is -0.497 e. The third-order valence-corrected chi connectivity index (χ3v) is 5.91. The van der Waals surface area contributed by atoms with Crippen molar-refractivity contribution in [3.63, 3.8) is 0 Å². The number of hydrogen-bond acceptors (Lipinski definition) is 4. The van der Waals surface area contributed by atoms with E-state index in [-0.39, 0.29) is 12.5 Å². The Balaban J connectivity index is 1.42. The number of piperidine rings is 1. The number of rotatable bonds is 8. The van der Waals surface area contributed by atoms with Gasteiger partial charge in [0.2, 0.25) is 5.91 Å². The minimum absolute atomic E-state index is 0.105. The van der Waals surface area contributed by atoms with Gasteiger partial charge in [-0.05, 0) is 42.9 Å². The number of hydrogen-bond donors (Lipinski definition) is 2. The summed E-state index contributed by atoms with van der Waals surface area (Å²) in [5.41, 5.74) is 2.35. The average Bonchev–Trinajstić information content (AvgIpc) is 2.85. The van der Waals surface area contributed by atoms with Crippen LogP contribution in [0.2, 0.25) is 0 Å². The van der Waals surface area contributed by atoms with Gasteiger partial charge in [-0.2, -0.15) is 0 Å². The maximum absolute atomic E-state index is 12.7. The SMILES string of the molecule is CN=C(NCC(=O)N1CCC(Cc2ccccc2)CC1)NCc1ccc(OC)cc1OC. The van der Waals surface area contributed by atoms with E-state index in [1.165, 1.54) is 5.56 Å². The highest BCUT2D eigenvalue weighted by Gasteiger charge is 2.23. The van der Waals surface area contributed by atoms with Crippen LogP contribution in [0.15, 0.2) is 53.5 Å². The van der Waals surface area contributed by atoms with E-state index in [1.807, 2.05) is 29.2 Å². The second-order valence-corrected chi connectivity index (χ2v) is 7.97. The van der Waals surface area contributed by atoms with Gasteiger partial charge in [0.15, 0.2) is 5.96 Å². The fraction of sp³-hybridized carbons (Fsp3) is 0.440. The van der Waals surface area contributed by atoms with Gasteiger partial charge in [-0.25, -0.2) is 0 Å². The summed E-state index contributed by atoms with van der Waals surface area (Å²) < 4.78 is 10.7. The van der Waals surface area contributed by atoms with Gasteiger partial charge in [-0.3, -0.25) is 9.79 Å². The van der Waals surface area contributed by atoms with Gasteiger partial charge in [0.05, 0.1) is 20.8 Å². The van der Waals surface area contributed by atoms with Crippen LogP contribution in [0.3, 0.4) is 0 Å². The van der Waals surface area contributed by atoms with Gasteiger partial charge in [-0.1, -0.05) is 30.3 Å². The molecular weight excluding hydrogens is 404 g/mol. The molecular formula is C25H34N4O3. The molecule has 0 bridgehead atoms. The standard InChI is InChI=1S/C25H34N4O3/c1-26-25(27-17-21-9-10-22(31-2)16-23(21)32-3)28-18-24(30)29-13-11-20(12-14-29)15-19-7-5-4-6-8-19/h4-10,16,20H,11-15,17-18H2,1-3H3,(H2,26,27,28). The summed E-state index contributed by atoms with van der Waals surface area (Å²) in [6.07, 6.45) is 3.18. The largest absolute Gasteiger partial charge is 0.497 e. The van der Waals surface area contributed by atoms with Crippen molar-refractivity contribution in [3.8, 4) is 11.5 Å². The molecule has 0 unspecified atom stereocenters. The van der Waals surface area contributed by atoms with Gasteiger partial charge in [0.1, 0.15) is 11.5 Å². The van der Waals surface area contributed by atoms with E-state index in [4.69, 9.17) is 9.47 Å². The third kappa shape index (κ3) is 6.64. The third-order valence-electron chi connectivity index (χ3n) is 5.91. The number of carbonyl (C=O) groups is 1. The Hall–Kier alpha value is -3.22. The van der Waals surface area contributed by atoms with Crippen molar-refractivity contribution in [1.29, 1.82) is 0 Å². The molecule has 2 aromatic rings. The topological polar surface area (TPSA) is 75.2 Å². The second kappa shape index (κ2) is 12.0. The summed E-state index contributed by atoms with van der Waals surface area (Å²) >= 11 is 0. The first-order chi connectivity index (χ1) is 15.6. The molecule has 0 spiro atoms. The molecule has 1 saturated heterocycles. The predicted octanol–water partition coefficient (Wildman–Crippen LogP) is 2.85. The van der Waals surface area contributed by atoms with Crippen molar-refractivity contribution < 1.29 is 14.3 Å². The molecule has 1 amide bonds. The van der Waals surface area contributed by atoms with Crippen molar-refractivity contribution >= 4 is 11.9 Å². The zero-order valence-corrected chi connectivity index (χ0v) is 19.3. The first kappa shape index (κ1) is 23.4. The van der Waals surface area contributed by atoms with Crippen molar-refractivity contribution in [2.24, 2.45) is 10.9 Å². The normalized spacial score (nSPS) is 14.7. The number of guanidine groups is 1. The summed E-state index contributed by atoms with van der Waals surface area (Å²) in [7, 11) is 4.95. The Morgan fingerprint density at radius 2 is 1.81 bits per heavy atom. The predicted molar refractivity (Wildman–Crippen MR) is 127 cm³/mol. The van der Waals surface area contributed by atoms with Crippen LogP contribution in [0.25, 0.3) is 0 Å². The lowest BCUT2D eigenvalue weighted by Crippen LogP contribution is -2.46. The molecule has 7 nitrogen and oxygen atoms in total. The number of ether oxygens (including phenoxy) is 2. The van der Waals surface area contributed by atoms with E-state index in [2.05, 4.69) is 39.9 Å². The summed E-state index contributed by atoms with van der Waals surface area (Å²) in [5, 5.41) is 6.37. The summed E-state index contributed by atoms with van der Waals surface area (Å²) in [5.74, 6) is 2.81. The second-order valence-electron chi connectivity index (χ2n) is 7.97. The maximum Gasteiger partial charge on any atom is 0.241 e. The molecule has 3 rings (SSSR count). The number of likely N-dealkylation sites (tertiary alicyclic amines) is 1. The Bertz CT molecular complexity index is 893. The lowest BCUT2D eigenvalue weighted by molar-refractivity contribution is -0.131. The van der Waals surface area contributed by atoms with Gasteiger partial charge in [0, 0.05) is 38.3 Å². The number of amides is 1. The minimum atomic E-state index is 0.105. The fourth-order valence-electron chi connectivity index (χ4n) is 4.00. The Labute approximate surface area is 190 Å². The van der Waals surface area contributed by atoms with Gasteiger partial charge in [-0.15, -0.1) is 0 Å². The summed E-state index contributed by atoms with van der Waals surface area (Å²) in [6.45, 7) is 2.37. The average molecular weight is 439 g/mol. The molecule has 0 aromatic heterocycles. The van der Waals surface area contributed by atoms with Crippen LogP contribution in [-0.2, 0) is 17.8 Å². The fourth-order valence-corrected chi connectivity index (χ4v) is 4.00. The van der Waals surface area contributed by atoms with Crippen molar-refractivity contribution in [1.82, 2.24) is 15.5 Å². The van der Waals surface area contributed by atoms with Crippen LogP contribution in [0, 0.1) is 5.92 Å². The van der Waals surface area contributed by atoms with Crippen LogP contribution >= 0.6 is 0 Å². The van der Waals surface area contributed by atoms with E-state index in [0.29, 0.717) is 18.4 Å². The Kier molecular flexibility index (Phi) is 8.78. The van der Waals surface area contributed by atoms with E-state index in [1.54, 1.807) is 21.3 Å². The molecule has 1 aliphatic heterocycles. The monoisotopic (exact) mass is 438 g/mol. The molecule has 0 atom stereocenters. The molecule has 0 radical (unpaired) electrons. The molecule has 2 N–H and O–H groups in total. The van der Waals surface area contributed by atoms with Gasteiger partial charge in [0.25, 0.3) is 0 Å². The smallest absolute Gasteiger partial charge is 0.241 e. The molecule has 7 heteroatoms. The number of carbonyl (C=O) groups excluding carboxylic acids is 1. The highest BCUT2D eigenvalue weighted by molar-refractivity contribution is 5.86. The maximum atomic E-state index is 12.7. The molecule has 1 fully saturated rings. The first-order valence-corrected chi connectivity index (χ1v) is 11.1. The molecule has 0 aliphatic carbocycles. The van der Waals surface area contributed by atoms with Gasteiger partial charge < -0.3 is 25.0 Å². The Morgan fingerprint density at radius 1 is 1.06 bits per heavy atom. The van der Waals surface area contributed by atoms with E-state index in [9.17, 15) is 4.79 Å². The highest BCUT2D eigenvalue weighted by atomic mass is 16.5. The molecule has 2 aromatic carbocycles. The number of nitrogens with one attached hydrogen (secondary N) is 2. The quantitative estimate of drug-likeness (QED) is 0.490. The lowest BCUT2D eigenvalue weighted by Gasteiger charge is -2.32. The van der Waals surface area contributed by atoms with Crippen LogP contribution < -0.4 is 20.1 Å². The van der Waals surface area contributed by atoms with Crippen LogP contribution in [0.5, 0.6) is 11.5 Å². The zero-order chi connectivity index (χ0) is 22.8. The van der Waals surface area contributed by atoms with Crippen molar-refractivity contribution in [2.45, 2.75) is 25.8 Å². The first-order valence-electron chi connectivity index (χ1n) is 11.1. The number of benzene rings is 2. The molecule has 172 valence electrons. The van der Waals surface area contributed by atoms with Crippen molar-refractivity contribution in [3.05, 3.63) is 59.7 Å².